The summed E-state index contributed by atoms with van der Waals surface area (Å²) < 4.78 is 6.86. The maximum Gasteiger partial charge on any atom is 0.348 e. The Bertz CT molecular complexity index is 1360. The number of hydrogen-bond acceptors (Lipinski definition) is 5. The molecule has 0 aliphatic rings. The Morgan fingerprint density at radius 2 is 1.78 bits per heavy atom. The summed E-state index contributed by atoms with van der Waals surface area (Å²) in [5, 5.41) is 12.2. The maximum atomic E-state index is 13.1. The van der Waals surface area contributed by atoms with Crippen molar-refractivity contribution in [1.29, 1.82) is 0 Å². The lowest BCUT2D eigenvalue weighted by molar-refractivity contribution is -0.385. The van der Waals surface area contributed by atoms with E-state index >= 15 is 0 Å². The van der Waals surface area contributed by atoms with E-state index in [-0.39, 0.29) is 12.2 Å². The van der Waals surface area contributed by atoms with Crippen molar-refractivity contribution in [3.05, 3.63) is 98.5 Å². The molecule has 0 saturated carbocycles. The van der Waals surface area contributed by atoms with Gasteiger partial charge in [0.15, 0.2) is 0 Å². The van der Waals surface area contributed by atoms with Crippen molar-refractivity contribution < 1.29 is 9.66 Å². The molecule has 1 aromatic heterocycles. The van der Waals surface area contributed by atoms with Gasteiger partial charge in [-0.15, -0.1) is 0 Å². The van der Waals surface area contributed by atoms with Crippen LogP contribution in [0.15, 0.2) is 71.5 Å². The molecule has 162 valence electrons. The highest BCUT2D eigenvalue weighted by atomic mass is 16.6. The number of fused-ring (bicyclic) bond motifs is 1. The van der Waals surface area contributed by atoms with Gasteiger partial charge in [0.1, 0.15) is 5.75 Å². The molecule has 0 bridgehead atoms. The molecule has 1 heterocycles. The first kappa shape index (κ1) is 21.2. The quantitative estimate of drug-likeness (QED) is 0.312. The van der Waals surface area contributed by atoms with Gasteiger partial charge in [0, 0.05) is 22.6 Å². The highest BCUT2D eigenvalue weighted by Crippen LogP contribution is 2.30. The molecule has 7 nitrogen and oxygen atoms in total. The Kier molecular flexibility index (Phi) is 5.73. The van der Waals surface area contributed by atoms with E-state index in [0.717, 1.165) is 10.9 Å². The Hall–Kier alpha value is -4.00. The fourth-order valence-corrected chi connectivity index (χ4v) is 3.78. The van der Waals surface area contributed by atoms with Crippen LogP contribution in [-0.4, -0.2) is 21.6 Å². The van der Waals surface area contributed by atoms with Crippen LogP contribution in [0.3, 0.4) is 0 Å². The van der Waals surface area contributed by atoms with E-state index < -0.39 is 10.6 Å². The topological polar surface area (TPSA) is 87.3 Å². The molecule has 0 aliphatic heterocycles. The average molecular weight is 429 g/mol. The summed E-state index contributed by atoms with van der Waals surface area (Å²) in [7, 11) is 1.58. The van der Waals surface area contributed by atoms with Crippen molar-refractivity contribution in [2.24, 2.45) is 0 Å². The zero-order chi connectivity index (χ0) is 22.8. The average Bonchev–Trinajstić information content (AvgIpc) is 2.80. The lowest BCUT2D eigenvalue weighted by Gasteiger charge is -2.14. The van der Waals surface area contributed by atoms with Gasteiger partial charge in [-0.05, 0) is 29.7 Å². The van der Waals surface area contributed by atoms with Crippen molar-refractivity contribution in [3.8, 4) is 17.0 Å². The molecule has 7 heteroatoms. The molecule has 32 heavy (non-hydrogen) atoms. The van der Waals surface area contributed by atoms with Crippen LogP contribution in [0.25, 0.3) is 22.2 Å². The number of methoxy groups -OCH3 is 1. The number of hydrogen-bond donors (Lipinski definition) is 0. The first-order valence-corrected chi connectivity index (χ1v) is 10.3. The molecule has 0 saturated heterocycles. The number of benzene rings is 3. The summed E-state index contributed by atoms with van der Waals surface area (Å²) in [6, 6.07) is 19.8. The SMILES string of the molecule is COc1ccc2c(c1)c(-c1ccc(C(C)C)cc1)nc(=O)n2Cc1ccccc1[N+](=O)[O-]. The molecule has 0 N–H and O–H groups in total. The van der Waals surface area contributed by atoms with Crippen LogP contribution in [0.2, 0.25) is 0 Å². The summed E-state index contributed by atoms with van der Waals surface area (Å²) in [5.41, 5.74) is 3.14. The summed E-state index contributed by atoms with van der Waals surface area (Å²) >= 11 is 0. The molecule has 0 fully saturated rings. The zero-order valence-electron chi connectivity index (χ0n) is 18.1. The van der Waals surface area contributed by atoms with Gasteiger partial charge in [0.2, 0.25) is 0 Å². The number of ether oxygens (including phenoxy) is 1. The standard InChI is InChI=1S/C25H23N3O4/c1-16(2)17-8-10-18(11-9-17)24-21-14-20(32-3)12-13-23(21)27(25(29)26-24)15-19-6-4-5-7-22(19)28(30)31/h4-14,16H,15H2,1-3H3. The zero-order valence-corrected chi connectivity index (χ0v) is 18.1. The third-order valence-corrected chi connectivity index (χ3v) is 5.56. The minimum absolute atomic E-state index is 0.0330. The van der Waals surface area contributed by atoms with Crippen LogP contribution in [-0.2, 0) is 6.54 Å². The monoisotopic (exact) mass is 429 g/mol. The second-order valence-electron chi connectivity index (χ2n) is 7.87. The van der Waals surface area contributed by atoms with E-state index in [2.05, 4.69) is 18.8 Å². The fraction of sp³-hybridized carbons (Fsp3) is 0.200. The minimum atomic E-state index is -0.469. The Morgan fingerprint density at radius 3 is 2.44 bits per heavy atom. The number of nitro groups is 1. The molecule has 3 aromatic carbocycles. The second kappa shape index (κ2) is 8.63. The van der Waals surface area contributed by atoms with Crippen molar-refractivity contribution >= 4 is 16.6 Å². The summed E-state index contributed by atoms with van der Waals surface area (Å²) in [6.45, 7) is 4.29. The van der Waals surface area contributed by atoms with Gasteiger partial charge < -0.3 is 4.74 Å². The first-order valence-electron chi connectivity index (χ1n) is 10.3. The normalized spacial score (nSPS) is 11.1. The summed E-state index contributed by atoms with van der Waals surface area (Å²) in [6.07, 6.45) is 0. The fourth-order valence-electron chi connectivity index (χ4n) is 3.78. The highest BCUT2D eigenvalue weighted by Gasteiger charge is 2.18. The van der Waals surface area contributed by atoms with E-state index in [0.29, 0.717) is 28.4 Å². The number of nitro benzene ring substituents is 1. The highest BCUT2D eigenvalue weighted by molar-refractivity contribution is 5.93. The molecule has 0 radical (unpaired) electrons. The second-order valence-corrected chi connectivity index (χ2v) is 7.87. The van der Waals surface area contributed by atoms with E-state index in [9.17, 15) is 14.9 Å². The van der Waals surface area contributed by atoms with Crippen molar-refractivity contribution in [1.82, 2.24) is 9.55 Å². The van der Waals surface area contributed by atoms with Crippen molar-refractivity contribution in [2.45, 2.75) is 26.3 Å². The van der Waals surface area contributed by atoms with Crippen LogP contribution in [0.1, 0.15) is 30.9 Å². The molecule has 0 spiro atoms. The van der Waals surface area contributed by atoms with E-state index in [1.165, 1.54) is 16.2 Å². The number of para-hydroxylation sites is 1. The third kappa shape index (κ3) is 3.97. The van der Waals surface area contributed by atoms with Gasteiger partial charge in [-0.2, -0.15) is 4.98 Å². The van der Waals surface area contributed by atoms with Gasteiger partial charge in [-0.25, -0.2) is 4.79 Å². The lowest BCUT2D eigenvalue weighted by atomic mass is 9.99. The van der Waals surface area contributed by atoms with Crippen molar-refractivity contribution in [2.75, 3.05) is 7.11 Å². The predicted octanol–water partition coefficient (Wildman–Crippen LogP) is 5.15. The summed E-state index contributed by atoms with van der Waals surface area (Å²) in [4.78, 5) is 28.5. The Balaban J connectivity index is 1.92. The molecule has 4 aromatic rings. The van der Waals surface area contributed by atoms with Crippen LogP contribution in [0.4, 0.5) is 5.69 Å². The van der Waals surface area contributed by atoms with E-state index in [1.807, 2.05) is 30.3 Å². The van der Waals surface area contributed by atoms with Gasteiger partial charge in [0.25, 0.3) is 5.69 Å². The molecular formula is C25H23N3O4. The van der Waals surface area contributed by atoms with Gasteiger partial charge in [0.05, 0.1) is 29.8 Å². The lowest BCUT2D eigenvalue weighted by Crippen LogP contribution is -2.25. The Labute approximate surface area is 185 Å². The smallest absolute Gasteiger partial charge is 0.348 e. The van der Waals surface area contributed by atoms with E-state index in [4.69, 9.17) is 4.74 Å². The molecular weight excluding hydrogens is 406 g/mol. The number of rotatable bonds is 6. The van der Waals surface area contributed by atoms with Gasteiger partial charge in [-0.3, -0.25) is 14.7 Å². The number of nitrogens with zero attached hydrogens (tertiary/aromatic N) is 3. The third-order valence-electron chi connectivity index (χ3n) is 5.56. The Morgan fingerprint density at radius 1 is 1.06 bits per heavy atom. The van der Waals surface area contributed by atoms with Crippen LogP contribution in [0, 0.1) is 10.1 Å². The van der Waals surface area contributed by atoms with Gasteiger partial charge in [-0.1, -0.05) is 56.3 Å². The largest absolute Gasteiger partial charge is 0.497 e. The van der Waals surface area contributed by atoms with Gasteiger partial charge >= 0.3 is 5.69 Å². The van der Waals surface area contributed by atoms with Crippen LogP contribution < -0.4 is 10.4 Å². The predicted molar refractivity (Wildman–Crippen MR) is 124 cm³/mol. The molecule has 0 unspecified atom stereocenters. The van der Waals surface area contributed by atoms with E-state index in [1.54, 1.807) is 37.4 Å². The maximum absolute atomic E-state index is 13.1. The molecule has 0 amide bonds. The molecule has 0 aliphatic carbocycles. The first-order chi connectivity index (χ1) is 15.4. The number of aromatic nitrogens is 2. The van der Waals surface area contributed by atoms with Crippen molar-refractivity contribution in [3.63, 3.8) is 0 Å². The summed E-state index contributed by atoms with van der Waals surface area (Å²) in [5.74, 6) is 1.03. The molecule has 4 rings (SSSR count). The molecule has 0 atom stereocenters. The van der Waals surface area contributed by atoms with Crippen LogP contribution in [0.5, 0.6) is 5.75 Å². The van der Waals surface area contributed by atoms with Crippen LogP contribution >= 0.6 is 0 Å². The minimum Gasteiger partial charge on any atom is -0.497 e.